The van der Waals surface area contributed by atoms with Crippen LogP contribution in [0, 0.1) is 5.92 Å². The molecule has 0 radical (unpaired) electrons. The molecule has 1 aliphatic heterocycles. The van der Waals surface area contributed by atoms with Crippen LogP contribution < -0.4 is 10.6 Å². The van der Waals surface area contributed by atoms with Crippen molar-refractivity contribution in [1.82, 2.24) is 15.5 Å². The Morgan fingerprint density at radius 3 is 2.70 bits per heavy atom. The van der Waals surface area contributed by atoms with E-state index >= 15 is 0 Å². The number of carbonyl (C=O) groups excluding carboxylic acids is 2. The molecule has 2 heterocycles. The number of ether oxygens (including phenoxy) is 1. The Balaban J connectivity index is 1.60. The van der Waals surface area contributed by atoms with E-state index in [9.17, 15) is 9.59 Å². The summed E-state index contributed by atoms with van der Waals surface area (Å²) in [6, 6.07) is 1.93. The topological polar surface area (TPSA) is 70.7 Å². The van der Waals surface area contributed by atoms with Crippen LogP contribution in [0.3, 0.4) is 0 Å². The smallest absolute Gasteiger partial charge is 0.309 e. The van der Waals surface area contributed by atoms with Crippen molar-refractivity contribution >= 4 is 23.2 Å². The minimum atomic E-state index is -0.561. The molecule has 23 heavy (non-hydrogen) atoms. The first-order valence-electron chi connectivity index (χ1n) is 7.97. The van der Waals surface area contributed by atoms with Crippen LogP contribution in [-0.4, -0.2) is 56.6 Å². The van der Waals surface area contributed by atoms with E-state index in [0.717, 1.165) is 44.6 Å². The number of rotatable bonds is 7. The van der Waals surface area contributed by atoms with Crippen molar-refractivity contribution < 1.29 is 14.3 Å². The highest BCUT2D eigenvalue weighted by atomic mass is 32.1. The Hall–Kier alpha value is -1.44. The molecule has 0 spiro atoms. The molecule has 128 valence electrons. The summed E-state index contributed by atoms with van der Waals surface area (Å²) in [6.07, 6.45) is 2.08. The first-order chi connectivity index (χ1) is 11.2. The van der Waals surface area contributed by atoms with Crippen LogP contribution in [0.4, 0.5) is 0 Å². The molecule has 0 bridgehead atoms. The van der Waals surface area contributed by atoms with Crippen LogP contribution in [-0.2, 0) is 20.9 Å². The van der Waals surface area contributed by atoms with Crippen molar-refractivity contribution in [3.63, 3.8) is 0 Å². The average Bonchev–Trinajstić information content (AvgIpc) is 3.10. The van der Waals surface area contributed by atoms with E-state index in [1.165, 1.54) is 0 Å². The minimum absolute atomic E-state index is 0.396. The third-order valence-corrected chi connectivity index (χ3v) is 4.84. The monoisotopic (exact) mass is 339 g/mol. The number of hydrogen-bond acceptors (Lipinski definition) is 5. The van der Waals surface area contributed by atoms with Gasteiger partial charge < -0.3 is 20.3 Å². The fourth-order valence-corrected chi connectivity index (χ4v) is 3.28. The minimum Gasteiger partial charge on any atom is -0.383 e. The zero-order valence-corrected chi connectivity index (χ0v) is 14.4. The maximum absolute atomic E-state index is 11.8. The zero-order valence-electron chi connectivity index (χ0n) is 13.5. The maximum atomic E-state index is 11.8. The molecule has 1 aliphatic rings. The van der Waals surface area contributed by atoms with Gasteiger partial charge in [-0.1, -0.05) is 0 Å². The SMILES string of the molecule is COCCN1CCC(CNC(=O)C(=O)NCc2ccsc2)CC1. The average molecular weight is 339 g/mol. The van der Waals surface area contributed by atoms with Crippen molar-refractivity contribution in [1.29, 1.82) is 0 Å². The summed E-state index contributed by atoms with van der Waals surface area (Å²) >= 11 is 1.57. The maximum Gasteiger partial charge on any atom is 0.309 e. The molecule has 1 saturated heterocycles. The second kappa shape index (κ2) is 9.64. The number of carbonyl (C=O) groups is 2. The van der Waals surface area contributed by atoms with Gasteiger partial charge in [0.05, 0.1) is 6.61 Å². The second-order valence-corrected chi connectivity index (χ2v) is 6.58. The number of piperidine rings is 1. The molecule has 1 aromatic rings. The largest absolute Gasteiger partial charge is 0.383 e. The van der Waals surface area contributed by atoms with E-state index in [1.807, 2.05) is 16.8 Å². The van der Waals surface area contributed by atoms with Gasteiger partial charge in [0.15, 0.2) is 0 Å². The Kier molecular flexibility index (Phi) is 7.51. The standard InChI is InChI=1S/C16H25N3O3S/c1-22-8-7-19-5-2-13(3-6-19)10-17-15(20)16(21)18-11-14-4-9-23-12-14/h4,9,12-13H,2-3,5-8,10-11H2,1H3,(H,17,20)(H,18,21). The second-order valence-electron chi connectivity index (χ2n) is 5.80. The summed E-state index contributed by atoms with van der Waals surface area (Å²) in [7, 11) is 1.71. The van der Waals surface area contributed by atoms with E-state index < -0.39 is 11.8 Å². The van der Waals surface area contributed by atoms with E-state index in [2.05, 4.69) is 15.5 Å². The van der Waals surface area contributed by atoms with Gasteiger partial charge in [0.25, 0.3) is 0 Å². The molecule has 6 nitrogen and oxygen atoms in total. The molecule has 2 rings (SSSR count). The summed E-state index contributed by atoms with van der Waals surface area (Å²) in [6.45, 7) is 4.73. The third kappa shape index (κ3) is 6.29. The fourth-order valence-electron chi connectivity index (χ4n) is 2.61. The zero-order chi connectivity index (χ0) is 16.5. The van der Waals surface area contributed by atoms with Crippen LogP contribution in [0.15, 0.2) is 16.8 Å². The molecule has 0 atom stereocenters. The van der Waals surface area contributed by atoms with E-state index in [0.29, 0.717) is 19.0 Å². The molecular formula is C16H25N3O3S. The lowest BCUT2D eigenvalue weighted by atomic mass is 9.97. The van der Waals surface area contributed by atoms with Crippen LogP contribution in [0.1, 0.15) is 18.4 Å². The van der Waals surface area contributed by atoms with Crippen LogP contribution in [0.5, 0.6) is 0 Å². The number of amides is 2. The van der Waals surface area contributed by atoms with Crippen molar-refractivity contribution in [3.05, 3.63) is 22.4 Å². The van der Waals surface area contributed by atoms with E-state index in [-0.39, 0.29) is 0 Å². The summed E-state index contributed by atoms with van der Waals surface area (Å²) in [5.41, 5.74) is 1.01. The van der Waals surface area contributed by atoms with Crippen LogP contribution in [0.2, 0.25) is 0 Å². The third-order valence-electron chi connectivity index (χ3n) is 4.11. The summed E-state index contributed by atoms with van der Waals surface area (Å²) < 4.78 is 5.08. The Morgan fingerprint density at radius 2 is 2.04 bits per heavy atom. The van der Waals surface area contributed by atoms with Gasteiger partial charge in [-0.05, 0) is 54.2 Å². The van der Waals surface area contributed by atoms with E-state index in [1.54, 1.807) is 18.4 Å². The van der Waals surface area contributed by atoms with Gasteiger partial charge in [-0.15, -0.1) is 0 Å². The van der Waals surface area contributed by atoms with Crippen LogP contribution in [0.25, 0.3) is 0 Å². The predicted octanol–water partition coefficient (Wildman–Crippen LogP) is 0.839. The predicted molar refractivity (Wildman–Crippen MR) is 90.2 cm³/mol. The molecule has 0 aliphatic carbocycles. The number of hydrogen-bond donors (Lipinski definition) is 2. The molecule has 1 aromatic heterocycles. The first-order valence-corrected chi connectivity index (χ1v) is 8.91. The van der Waals surface area contributed by atoms with E-state index in [4.69, 9.17) is 4.74 Å². The Morgan fingerprint density at radius 1 is 1.30 bits per heavy atom. The lowest BCUT2D eigenvalue weighted by Crippen LogP contribution is -2.44. The highest BCUT2D eigenvalue weighted by Crippen LogP contribution is 2.15. The van der Waals surface area contributed by atoms with Crippen molar-refractivity contribution in [3.8, 4) is 0 Å². The van der Waals surface area contributed by atoms with Gasteiger partial charge >= 0.3 is 11.8 Å². The summed E-state index contributed by atoms with van der Waals surface area (Å²) in [4.78, 5) is 25.9. The van der Waals surface area contributed by atoms with Gasteiger partial charge in [-0.2, -0.15) is 11.3 Å². The fraction of sp³-hybridized carbons (Fsp3) is 0.625. The first kappa shape index (κ1) is 17.9. The normalized spacial score (nSPS) is 16.2. The van der Waals surface area contributed by atoms with Gasteiger partial charge in [0.2, 0.25) is 0 Å². The molecule has 2 N–H and O–H groups in total. The molecule has 2 amide bonds. The lowest BCUT2D eigenvalue weighted by Gasteiger charge is -2.31. The molecule has 0 unspecified atom stereocenters. The molecular weight excluding hydrogens is 314 g/mol. The van der Waals surface area contributed by atoms with Gasteiger partial charge in [-0.3, -0.25) is 9.59 Å². The quantitative estimate of drug-likeness (QED) is 0.722. The number of methoxy groups -OCH3 is 1. The van der Waals surface area contributed by atoms with Gasteiger partial charge in [0, 0.05) is 26.7 Å². The molecule has 0 saturated carbocycles. The highest BCUT2D eigenvalue weighted by Gasteiger charge is 2.20. The van der Waals surface area contributed by atoms with Gasteiger partial charge in [0.1, 0.15) is 0 Å². The number of thiophene rings is 1. The van der Waals surface area contributed by atoms with Crippen LogP contribution >= 0.6 is 11.3 Å². The molecule has 7 heteroatoms. The van der Waals surface area contributed by atoms with Crippen molar-refractivity contribution in [2.75, 3.05) is 39.9 Å². The van der Waals surface area contributed by atoms with Crippen molar-refractivity contribution in [2.24, 2.45) is 5.92 Å². The Labute approximate surface area is 141 Å². The number of nitrogens with one attached hydrogen (secondary N) is 2. The lowest BCUT2D eigenvalue weighted by molar-refractivity contribution is -0.139. The molecule has 0 aromatic carbocycles. The van der Waals surface area contributed by atoms with Crippen molar-refractivity contribution in [2.45, 2.75) is 19.4 Å². The summed E-state index contributed by atoms with van der Waals surface area (Å²) in [5, 5.41) is 9.28. The summed E-state index contributed by atoms with van der Waals surface area (Å²) in [5.74, 6) is -0.654. The number of likely N-dealkylation sites (tertiary alicyclic amines) is 1. The Bertz CT molecular complexity index is 485. The molecule has 1 fully saturated rings. The number of nitrogens with zero attached hydrogens (tertiary/aromatic N) is 1. The van der Waals surface area contributed by atoms with Gasteiger partial charge in [-0.25, -0.2) is 0 Å². The highest BCUT2D eigenvalue weighted by molar-refractivity contribution is 7.07.